The van der Waals surface area contributed by atoms with Crippen molar-refractivity contribution in [2.75, 3.05) is 13.7 Å². The molecule has 3 rings (SSSR count). The third-order valence-corrected chi connectivity index (χ3v) is 4.06. The number of hydrogen-bond acceptors (Lipinski definition) is 4. The van der Waals surface area contributed by atoms with Gasteiger partial charge in [-0.3, -0.25) is 9.69 Å². The van der Waals surface area contributed by atoms with E-state index in [1.165, 1.54) is 25.3 Å². The van der Waals surface area contributed by atoms with E-state index in [0.717, 1.165) is 4.90 Å². The zero-order valence-electron chi connectivity index (χ0n) is 15.1. The molecule has 0 atom stereocenters. The molecule has 2 aromatic carbocycles. The number of ether oxygens (including phenoxy) is 2. The molecule has 7 heteroatoms. The molecule has 1 fully saturated rings. The predicted octanol–water partition coefficient (Wildman–Crippen LogP) is 2.94. The number of hydrogen-bond donors (Lipinski definition) is 1. The van der Waals surface area contributed by atoms with Crippen molar-refractivity contribution >= 4 is 18.0 Å². The Labute approximate surface area is 161 Å². The quantitative estimate of drug-likeness (QED) is 0.475. The van der Waals surface area contributed by atoms with E-state index in [1.807, 2.05) is 0 Å². The molecule has 2 aromatic rings. The Balaban J connectivity index is 1.81. The zero-order chi connectivity index (χ0) is 20.1. The van der Waals surface area contributed by atoms with Gasteiger partial charge in [-0.05, 0) is 29.8 Å². The summed E-state index contributed by atoms with van der Waals surface area (Å²) in [5.74, 6) is 2.24. The number of carbonyl (C=O) groups is 2. The van der Waals surface area contributed by atoms with E-state index in [1.54, 1.807) is 30.3 Å². The maximum atomic E-state index is 13.8. The van der Waals surface area contributed by atoms with Crippen LogP contribution in [0.25, 0.3) is 6.08 Å². The molecule has 0 aromatic heterocycles. The first-order chi connectivity index (χ1) is 13.5. The van der Waals surface area contributed by atoms with E-state index in [4.69, 9.17) is 15.9 Å². The van der Waals surface area contributed by atoms with Crippen molar-refractivity contribution < 1.29 is 23.5 Å². The smallest absolute Gasteiger partial charge is 0.329 e. The van der Waals surface area contributed by atoms with Crippen LogP contribution < -0.4 is 14.8 Å². The zero-order valence-corrected chi connectivity index (χ0v) is 15.1. The van der Waals surface area contributed by atoms with Crippen LogP contribution >= 0.6 is 0 Å². The Morgan fingerprint density at radius 2 is 2.00 bits per heavy atom. The number of nitrogens with one attached hydrogen (secondary N) is 1. The minimum Gasteiger partial charge on any atom is -0.493 e. The van der Waals surface area contributed by atoms with Crippen molar-refractivity contribution in [3.8, 4) is 23.8 Å². The highest BCUT2D eigenvalue weighted by Gasteiger charge is 2.34. The summed E-state index contributed by atoms with van der Waals surface area (Å²) in [5, 5.41) is 2.51. The molecule has 1 heterocycles. The molecule has 1 saturated heterocycles. The summed E-state index contributed by atoms with van der Waals surface area (Å²) in [5.41, 5.74) is 0.950. The van der Waals surface area contributed by atoms with Gasteiger partial charge in [0, 0.05) is 5.56 Å². The van der Waals surface area contributed by atoms with Gasteiger partial charge in [0.25, 0.3) is 5.91 Å². The number of urea groups is 1. The topological polar surface area (TPSA) is 67.9 Å². The molecule has 3 amide bonds. The molecule has 0 bridgehead atoms. The molecular weight excluding hydrogens is 363 g/mol. The number of carbonyl (C=O) groups excluding carboxylic acids is 2. The molecule has 142 valence electrons. The van der Waals surface area contributed by atoms with E-state index in [-0.39, 0.29) is 24.4 Å². The van der Waals surface area contributed by atoms with E-state index >= 15 is 0 Å². The first kappa shape index (κ1) is 19.0. The molecule has 1 aliphatic rings. The van der Waals surface area contributed by atoms with Crippen LogP contribution in [0.4, 0.5) is 9.18 Å². The van der Waals surface area contributed by atoms with Crippen LogP contribution in [0.1, 0.15) is 11.1 Å². The standard InChI is InChI=1S/C21H17FN2O4/c1-3-10-28-18-9-8-14(12-19(18)27-2)11-17-20(25)24(21(26)23-17)13-15-6-4-5-7-16(15)22/h1,4-9,11-12H,10,13H2,2H3,(H,23,26)/b17-11+. The van der Waals surface area contributed by atoms with Gasteiger partial charge < -0.3 is 14.8 Å². The summed E-state index contributed by atoms with van der Waals surface area (Å²) < 4.78 is 24.5. The molecule has 0 radical (unpaired) electrons. The molecule has 0 spiro atoms. The third-order valence-electron chi connectivity index (χ3n) is 4.06. The number of amides is 3. The average Bonchev–Trinajstić information content (AvgIpc) is 2.95. The lowest BCUT2D eigenvalue weighted by atomic mass is 10.1. The summed E-state index contributed by atoms with van der Waals surface area (Å²) in [6, 6.07) is 10.4. The Morgan fingerprint density at radius 1 is 1.21 bits per heavy atom. The fraction of sp³-hybridized carbons (Fsp3) is 0.143. The van der Waals surface area contributed by atoms with Gasteiger partial charge in [0.1, 0.15) is 18.1 Å². The normalized spacial score (nSPS) is 14.8. The van der Waals surface area contributed by atoms with E-state index < -0.39 is 17.8 Å². The number of imide groups is 1. The molecule has 0 aliphatic carbocycles. The van der Waals surface area contributed by atoms with E-state index in [2.05, 4.69) is 11.2 Å². The number of methoxy groups -OCH3 is 1. The number of benzene rings is 2. The van der Waals surface area contributed by atoms with Crippen LogP contribution in [0.5, 0.6) is 11.5 Å². The first-order valence-electron chi connectivity index (χ1n) is 8.35. The highest BCUT2D eigenvalue weighted by atomic mass is 19.1. The highest BCUT2D eigenvalue weighted by Crippen LogP contribution is 2.29. The summed E-state index contributed by atoms with van der Waals surface area (Å²) in [4.78, 5) is 25.7. The molecule has 1 N–H and O–H groups in total. The first-order valence-corrected chi connectivity index (χ1v) is 8.35. The minimum atomic E-state index is -0.611. The maximum Gasteiger partial charge on any atom is 0.329 e. The Bertz CT molecular complexity index is 994. The predicted molar refractivity (Wildman–Crippen MR) is 101 cm³/mol. The monoisotopic (exact) mass is 380 g/mol. The number of terminal acetylenes is 1. The molecule has 0 unspecified atom stereocenters. The van der Waals surface area contributed by atoms with Gasteiger partial charge in [-0.2, -0.15) is 0 Å². The van der Waals surface area contributed by atoms with Gasteiger partial charge in [-0.15, -0.1) is 6.42 Å². The maximum absolute atomic E-state index is 13.8. The lowest BCUT2D eigenvalue weighted by Crippen LogP contribution is -2.30. The van der Waals surface area contributed by atoms with Crippen LogP contribution in [0.2, 0.25) is 0 Å². The second kappa shape index (κ2) is 8.27. The fourth-order valence-electron chi connectivity index (χ4n) is 2.69. The van der Waals surface area contributed by atoms with Gasteiger partial charge >= 0.3 is 6.03 Å². The molecule has 1 aliphatic heterocycles. The summed E-state index contributed by atoms with van der Waals surface area (Å²) >= 11 is 0. The Morgan fingerprint density at radius 3 is 2.71 bits per heavy atom. The van der Waals surface area contributed by atoms with Crippen LogP contribution in [-0.2, 0) is 11.3 Å². The second-order valence-electron chi connectivity index (χ2n) is 5.87. The fourth-order valence-corrected chi connectivity index (χ4v) is 2.69. The average molecular weight is 380 g/mol. The van der Waals surface area contributed by atoms with Crippen LogP contribution in [0.15, 0.2) is 48.2 Å². The summed E-state index contributed by atoms with van der Waals surface area (Å²) in [7, 11) is 1.48. The van der Waals surface area contributed by atoms with E-state index in [9.17, 15) is 14.0 Å². The van der Waals surface area contributed by atoms with Gasteiger partial charge in [-0.1, -0.05) is 30.2 Å². The summed E-state index contributed by atoms with van der Waals surface area (Å²) in [6.45, 7) is -0.0623. The van der Waals surface area contributed by atoms with Crippen LogP contribution in [0.3, 0.4) is 0 Å². The number of halogens is 1. The van der Waals surface area contributed by atoms with E-state index in [0.29, 0.717) is 17.1 Å². The minimum absolute atomic E-state index is 0.0840. The lowest BCUT2D eigenvalue weighted by Gasteiger charge is -2.12. The molecule has 0 saturated carbocycles. The van der Waals surface area contributed by atoms with Gasteiger partial charge in [0.05, 0.1) is 13.7 Å². The van der Waals surface area contributed by atoms with Crippen molar-refractivity contribution in [1.29, 1.82) is 0 Å². The largest absolute Gasteiger partial charge is 0.493 e. The molecule has 28 heavy (non-hydrogen) atoms. The van der Waals surface area contributed by atoms with Crippen molar-refractivity contribution in [2.24, 2.45) is 0 Å². The van der Waals surface area contributed by atoms with Crippen molar-refractivity contribution in [3.05, 3.63) is 65.1 Å². The van der Waals surface area contributed by atoms with Crippen LogP contribution in [0, 0.1) is 18.2 Å². The number of nitrogens with zero attached hydrogens (tertiary/aromatic N) is 1. The molecule has 6 nitrogen and oxygen atoms in total. The third kappa shape index (κ3) is 3.96. The Hall–Kier alpha value is -3.79. The highest BCUT2D eigenvalue weighted by molar-refractivity contribution is 6.13. The number of rotatable bonds is 6. The van der Waals surface area contributed by atoms with Crippen molar-refractivity contribution in [3.63, 3.8) is 0 Å². The van der Waals surface area contributed by atoms with Gasteiger partial charge in [0.15, 0.2) is 11.5 Å². The van der Waals surface area contributed by atoms with Gasteiger partial charge in [-0.25, -0.2) is 9.18 Å². The molecular formula is C21H17FN2O4. The van der Waals surface area contributed by atoms with Crippen LogP contribution in [-0.4, -0.2) is 30.6 Å². The van der Waals surface area contributed by atoms with Crippen molar-refractivity contribution in [1.82, 2.24) is 10.2 Å². The Kier molecular flexibility index (Phi) is 5.61. The summed E-state index contributed by atoms with van der Waals surface area (Å²) in [6.07, 6.45) is 6.69. The van der Waals surface area contributed by atoms with Gasteiger partial charge in [0.2, 0.25) is 0 Å². The lowest BCUT2D eigenvalue weighted by molar-refractivity contribution is -0.123. The SMILES string of the molecule is C#CCOc1ccc(/C=C2/NC(=O)N(Cc3ccccc3F)C2=O)cc1OC. The second-order valence-corrected chi connectivity index (χ2v) is 5.87. The van der Waals surface area contributed by atoms with Crippen molar-refractivity contribution in [2.45, 2.75) is 6.54 Å².